The first kappa shape index (κ1) is 15.3. The maximum Gasteiger partial charge on any atom is 0.284 e. The molecule has 0 amide bonds. The molecule has 1 heterocycles. The molecule has 0 aliphatic rings. The molecule has 108 valence electrons. The first-order valence-electron chi connectivity index (χ1n) is 6.39. The lowest BCUT2D eigenvalue weighted by Gasteiger charge is -2.08. The Morgan fingerprint density at radius 1 is 1.33 bits per heavy atom. The van der Waals surface area contributed by atoms with E-state index >= 15 is 0 Å². The zero-order valence-electron chi connectivity index (χ0n) is 11.8. The third kappa shape index (κ3) is 3.50. The van der Waals surface area contributed by atoms with Crippen LogP contribution in [0.3, 0.4) is 0 Å². The highest BCUT2D eigenvalue weighted by Gasteiger charge is 2.11. The van der Waals surface area contributed by atoms with E-state index in [0.717, 1.165) is 4.90 Å². The summed E-state index contributed by atoms with van der Waals surface area (Å²) < 4.78 is 14.1. The molecule has 0 saturated heterocycles. The Morgan fingerprint density at radius 2 is 2.00 bits per heavy atom. The van der Waals surface area contributed by atoms with E-state index < -0.39 is 0 Å². The predicted molar refractivity (Wildman–Crippen MR) is 79.8 cm³/mol. The Kier molecular flexibility index (Phi) is 4.76. The summed E-state index contributed by atoms with van der Waals surface area (Å²) in [5.74, 6) is 0.344. The molecule has 0 fully saturated rings. The average molecular weight is 303 g/mol. The summed E-state index contributed by atoms with van der Waals surface area (Å²) in [4.78, 5) is 13.0. The van der Waals surface area contributed by atoms with Crippen molar-refractivity contribution < 1.29 is 4.39 Å². The van der Waals surface area contributed by atoms with Gasteiger partial charge in [-0.25, -0.2) is 9.07 Å². The largest absolute Gasteiger partial charge is 0.284 e. The number of thioether (sulfide) groups is 1. The summed E-state index contributed by atoms with van der Waals surface area (Å²) in [5.41, 5.74) is 1.09. The number of benzene rings is 1. The van der Waals surface area contributed by atoms with Crippen LogP contribution in [0.15, 0.2) is 34.0 Å². The minimum absolute atomic E-state index is 0.147. The van der Waals surface area contributed by atoms with Crippen LogP contribution in [0.5, 0.6) is 0 Å². The number of aryl methyl sites for hydroxylation is 2. The van der Waals surface area contributed by atoms with Crippen molar-refractivity contribution in [1.29, 1.82) is 5.26 Å². The summed E-state index contributed by atoms with van der Waals surface area (Å²) in [6, 6.07) is 8.12. The van der Waals surface area contributed by atoms with Gasteiger partial charge in [0, 0.05) is 10.6 Å². The van der Waals surface area contributed by atoms with Crippen LogP contribution in [0, 0.1) is 31.0 Å². The Balaban J connectivity index is 2.11. The lowest BCUT2D eigenvalue weighted by Crippen LogP contribution is -2.28. The fraction of sp³-hybridized carbons (Fsp3) is 0.267. The second-order valence-corrected chi connectivity index (χ2v) is 5.70. The van der Waals surface area contributed by atoms with Crippen molar-refractivity contribution in [3.63, 3.8) is 0 Å². The second kappa shape index (κ2) is 6.55. The Labute approximate surface area is 126 Å². The number of aromatic nitrogens is 2. The number of hydrogen-bond acceptors (Lipinski definition) is 4. The van der Waals surface area contributed by atoms with Gasteiger partial charge >= 0.3 is 0 Å². The molecule has 0 radical (unpaired) electrons. The smallest absolute Gasteiger partial charge is 0.266 e. The third-order valence-electron chi connectivity index (χ3n) is 3.13. The Hall–Kier alpha value is -2.13. The predicted octanol–water partition coefficient (Wildman–Crippen LogP) is 2.66. The maximum absolute atomic E-state index is 12.8. The van der Waals surface area contributed by atoms with Crippen LogP contribution >= 0.6 is 11.8 Å². The number of hydrogen-bond donors (Lipinski definition) is 0. The monoisotopic (exact) mass is 303 g/mol. The van der Waals surface area contributed by atoms with Gasteiger partial charge in [0.2, 0.25) is 0 Å². The van der Waals surface area contributed by atoms with Crippen molar-refractivity contribution >= 4 is 11.8 Å². The van der Waals surface area contributed by atoms with Gasteiger partial charge in [-0.1, -0.05) is 0 Å². The van der Waals surface area contributed by atoms with Crippen molar-refractivity contribution in [3.8, 4) is 6.07 Å². The van der Waals surface area contributed by atoms with Crippen molar-refractivity contribution in [2.45, 2.75) is 25.3 Å². The normalized spacial score (nSPS) is 10.4. The summed E-state index contributed by atoms with van der Waals surface area (Å²) in [5, 5.41) is 13.3. The molecule has 1 aromatic carbocycles. The molecule has 6 heteroatoms. The summed E-state index contributed by atoms with van der Waals surface area (Å²) in [6.45, 7) is 3.90. The van der Waals surface area contributed by atoms with Crippen LogP contribution in [0.25, 0.3) is 0 Å². The van der Waals surface area contributed by atoms with E-state index in [1.165, 1.54) is 28.6 Å². The minimum atomic E-state index is -0.361. The van der Waals surface area contributed by atoms with Crippen molar-refractivity contribution in [2.24, 2.45) is 0 Å². The van der Waals surface area contributed by atoms with Gasteiger partial charge in [-0.15, -0.1) is 11.8 Å². The van der Waals surface area contributed by atoms with E-state index in [4.69, 9.17) is 5.26 Å². The zero-order chi connectivity index (χ0) is 15.4. The quantitative estimate of drug-likeness (QED) is 0.815. The highest BCUT2D eigenvalue weighted by atomic mass is 32.2. The number of nitrogens with zero attached hydrogens (tertiary/aromatic N) is 3. The Bertz CT molecular complexity index is 747. The van der Waals surface area contributed by atoms with E-state index in [-0.39, 0.29) is 16.9 Å². The number of halogens is 1. The second-order valence-electron chi connectivity index (χ2n) is 4.53. The molecule has 1 aromatic heterocycles. The molecule has 0 spiro atoms. The van der Waals surface area contributed by atoms with Crippen LogP contribution in [-0.2, 0) is 6.54 Å². The molecule has 21 heavy (non-hydrogen) atoms. The van der Waals surface area contributed by atoms with Gasteiger partial charge in [0.15, 0.2) is 0 Å². The Morgan fingerprint density at radius 3 is 2.62 bits per heavy atom. The van der Waals surface area contributed by atoms with Crippen LogP contribution in [0.1, 0.15) is 16.8 Å². The molecule has 0 saturated carbocycles. The van der Waals surface area contributed by atoms with E-state index in [1.54, 1.807) is 26.0 Å². The van der Waals surface area contributed by atoms with E-state index in [0.29, 0.717) is 23.6 Å². The molecule has 0 unspecified atom stereocenters. The van der Waals surface area contributed by atoms with E-state index in [1.807, 2.05) is 6.07 Å². The molecule has 2 rings (SSSR count). The number of rotatable bonds is 4. The SMILES string of the molecule is Cc1nn(CCSc2ccc(F)cc2)c(=O)c(C#N)c1C. The van der Waals surface area contributed by atoms with E-state index in [2.05, 4.69) is 5.10 Å². The summed E-state index contributed by atoms with van der Waals surface area (Å²) >= 11 is 1.51. The summed E-state index contributed by atoms with van der Waals surface area (Å²) in [7, 11) is 0. The lowest BCUT2D eigenvalue weighted by atomic mass is 10.1. The van der Waals surface area contributed by atoms with Gasteiger partial charge < -0.3 is 0 Å². The summed E-state index contributed by atoms with van der Waals surface area (Å²) in [6.07, 6.45) is 0. The van der Waals surface area contributed by atoms with Gasteiger partial charge in [0.25, 0.3) is 5.56 Å². The highest BCUT2D eigenvalue weighted by Crippen LogP contribution is 2.18. The maximum atomic E-state index is 12.8. The molecule has 0 atom stereocenters. The van der Waals surface area contributed by atoms with Crippen LogP contribution in [0.4, 0.5) is 4.39 Å². The fourth-order valence-electron chi connectivity index (χ4n) is 1.84. The molecule has 2 aromatic rings. The standard InChI is InChI=1S/C15H14FN3OS/c1-10-11(2)18-19(15(20)14(10)9-17)7-8-21-13-5-3-12(16)4-6-13/h3-6H,7-8H2,1-2H3. The van der Waals surface area contributed by atoms with Crippen LogP contribution in [-0.4, -0.2) is 15.5 Å². The molecular formula is C15H14FN3OS. The molecule has 0 aliphatic carbocycles. The van der Waals surface area contributed by atoms with Gasteiger partial charge in [-0.2, -0.15) is 10.4 Å². The van der Waals surface area contributed by atoms with Crippen LogP contribution in [0.2, 0.25) is 0 Å². The first-order valence-corrected chi connectivity index (χ1v) is 7.38. The van der Waals surface area contributed by atoms with Gasteiger partial charge in [0.05, 0.1) is 12.2 Å². The fourth-order valence-corrected chi connectivity index (χ4v) is 2.66. The molecule has 0 aliphatic heterocycles. The minimum Gasteiger partial charge on any atom is -0.266 e. The lowest BCUT2D eigenvalue weighted by molar-refractivity contribution is 0.606. The van der Waals surface area contributed by atoms with Gasteiger partial charge in [0.1, 0.15) is 17.4 Å². The topological polar surface area (TPSA) is 58.7 Å². The van der Waals surface area contributed by atoms with Crippen molar-refractivity contribution in [2.75, 3.05) is 5.75 Å². The number of nitriles is 1. The molecular weight excluding hydrogens is 289 g/mol. The van der Waals surface area contributed by atoms with Crippen LogP contribution < -0.4 is 5.56 Å². The zero-order valence-corrected chi connectivity index (χ0v) is 12.6. The molecule has 4 nitrogen and oxygen atoms in total. The van der Waals surface area contributed by atoms with Gasteiger partial charge in [-0.05, 0) is 43.7 Å². The third-order valence-corrected chi connectivity index (χ3v) is 4.13. The van der Waals surface area contributed by atoms with Gasteiger partial charge in [-0.3, -0.25) is 4.79 Å². The van der Waals surface area contributed by atoms with Crippen molar-refractivity contribution in [1.82, 2.24) is 9.78 Å². The first-order chi connectivity index (χ1) is 10.0. The van der Waals surface area contributed by atoms with Crippen molar-refractivity contribution in [3.05, 3.63) is 57.3 Å². The molecule has 0 N–H and O–H groups in total. The molecule has 0 bridgehead atoms. The average Bonchev–Trinajstić information content (AvgIpc) is 2.47. The van der Waals surface area contributed by atoms with E-state index in [9.17, 15) is 9.18 Å². The highest BCUT2D eigenvalue weighted by molar-refractivity contribution is 7.99.